The standard InChI is InChI=1S/C9H12BrNO2S/c1-3-14(12,13)11-9-5-4-8(10)6-7(9)2/h4-6,11H,3H2,1-2H3. The fourth-order valence-electron chi connectivity index (χ4n) is 0.981. The molecular formula is C9H12BrNO2S. The highest BCUT2D eigenvalue weighted by atomic mass is 79.9. The maximum atomic E-state index is 11.3. The molecule has 0 radical (unpaired) electrons. The highest BCUT2D eigenvalue weighted by Crippen LogP contribution is 2.20. The summed E-state index contributed by atoms with van der Waals surface area (Å²) >= 11 is 3.32. The highest BCUT2D eigenvalue weighted by molar-refractivity contribution is 9.10. The third-order valence-corrected chi connectivity index (χ3v) is 3.62. The van der Waals surface area contributed by atoms with Gasteiger partial charge in [-0.3, -0.25) is 4.72 Å². The van der Waals surface area contributed by atoms with Crippen LogP contribution in [0.15, 0.2) is 22.7 Å². The van der Waals surface area contributed by atoms with Crippen molar-refractivity contribution in [2.75, 3.05) is 10.5 Å². The molecule has 0 aromatic heterocycles. The third kappa shape index (κ3) is 2.99. The molecule has 3 nitrogen and oxygen atoms in total. The van der Waals surface area contributed by atoms with E-state index in [-0.39, 0.29) is 5.75 Å². The van der Waals surface area contributed by atoms with Gasteiger partial charge in [-0.1, -0.05) is 15.9 Å². The number of sulfonamides is 1. The first-order valence-electron chi connectivity index (χ1n) is 4.21. The second-order valence-corrected chi connectivity index (χ2v) is 5.89. The lowest BCUT2D eigenvalue weighted by Crippen LogP contribution is -2.15. The van der Waals surface area contributed by atoms with Gasteiger partial charge in [-0.2, -0.15) is 0 Å². The molecule has 0 fully saturated rings. The van der Waals surface area contributed by atoms with Crippen LogP contribution in [0.2, 0.25) is 0 Å². The molecular weight excluding hydrogens is 266 g/mol. The lowest BCUT2D eigenvalue weighted by molar-refractivity contribution is 0.602. The van der Waals surface area contributed by atoms with E-state index in [0.717, 1.165) is 10.0 Å². The lowest BCUT2D eigenvalue weighted by atomic mass is 10.2. The maximum Gasteiger partial charge on any atom is 0.232 e. The van der Waals surface area contributed by atoms with Crippen molar-refractivity contribution >= 4 is 31.6 Å². The lowest BCUT2D eigenvalue weighted by Gasteiger charge is -2.08. The van der Waals surface area contributed by atoms with Crippen molar-refractivity contribution in [1.82, 2.24) is 0 Å². The first-order chi connectivity index (χ1) is 6.44. The first kappa shape index (κ1) is 11.5. The maximum absolute atomic E-state index is 11.3. The minimum absolute atomic E-state index is 0.0858. The van der Waals surface area contributed by atoms with Gasteiger partial charge in [0.2, 0.25) is 10.0 Å². The summed E-state index contributed by atoms with van der Waals surface area (Å²) in [7, 11) is -3.17. The van der Waals surface area contributed by atoms with Crippen molar-refractivity contribution in [3.8, 4) is 0 Å². The largest absolute Gasteiger partial charge is 0.283 e. The van der Waals surface area contributed by atoms with Crippen LogP contribution in [0, 0.1) is 6.92 Å². The Balaban J connectivity index is 2.99. The molecule has 14 heavy (non-hydrogen) atoms. The Bertz CT molecular complexity index is 428. The zero-order chi connectivity index (χ0) is 10.8. The van der Waals surface area contributed by atoms with Crippen molar-refractivity contribution < 1.29 is 8.42 Å². The average molecular weight is 278 g/mol. The van der Waals surface area contributed by atoms with Gasteiger partial charge in [0.1, 0.15) is 0 Å². The van der Waals surface area contributed by atoms with E-state index >= 15 is 0 Å². The number of nitrogens with one attached hydrogen (secondary N) is 1. The van der Waals surface area contributed by atoms with Crippen molar-refractivity contribution in [3.05, 3.63) is 28.2 Å². The molecule has 0 aliphatic rings. The zero-order valence-electron chi connectivity index (χ0n) is 8.04. The summed E-state index contributed by atoms with van der Waals surface area (Å²) in [6.07, 6.45) is 0. The number of aryl methyl sites for hydroxylation is 1. The van der Waals surface area contributed by atoms with Gasteiger partial charge >= 0.3 is 0 Å². The van der Waals surface area contributed by atoms with E-state index < -0.39 is 10.0 Å². The van der Waals surface area contributed by atoms with Crippen molar-refractivity contribution in [2.24, 2.45) is 0 Å². The van der Waals surface area contributed by atoms with Crippen LogP contribution in [0.4, 0.5) is 5.69 Å². The fraction of sp³-hybridized carbons (Fsp3) is 0.333. The number of hydrogen-bond acceptors (Lipinski definition) is 2. The molecule has 0 atom stereocenters. The van der Waals surface area contributed by atoms with Crippen molar-refractivity contribution in [3.63, 3.8) is 0 Å². The van der Waals surface area contributed by atoms with Gasteiger partial charge in [0, 0.05) is 4.47 Å². The number of benzene rings is 1. The molecule has 0 amide bonds. The molecule has 0 saturated heterocycles. The predicted octanol–water partition coefficient (Wildman–Crippen LogP) is 2.52. The summed E-state index contributed by atoms with van der Waals surface area (Å²) in [6, 6.07) is 5.42. The van der Waals surface area contributed by atoms with Gasteiger partial charge in [0.05, 0.1) is 11.4 Å². The first-order valence-corrected chi connectivity index (χ1v) is 6.66. The molecule has 1 aromatic rings. The summed E-state index contributed by atoms with van der Waals surface area (Å²) in [6.45, 7) is 3.47. The summed E-state index contributed by atoms with van der Waals surface area (Å²) in [5, 5.41) is 0. The van der Waals surface area contributed by atoms with E-state index in [1.165, 1.54) is 0 Å². The summed E-state index contributed by atoms with van der Waals surface area (Å²) in [5.41, 5.74) is 1.53. The molecule has 0 heterocycles. The minimum Gasteiger partial charge on any atom is -0.283 e. The minimum atomic E-state index is -3.17. The van der Waals surface area contributed by atoms with E-state index in [4.69, 9.17) is 0 Å². The van der Waals surface area contributed by atoms with Crippen LogP contribution in [0.3, 0.4) is 0 Å². The summed E-state index contributed by atoms with van der Waals surface area (Å²) in [4.78, 5) is 0. The molecule has 78 valence electrons. The molecule has 1 rings (SSSR count). The fourth-order valence-corrected chi connectivity index (χ4v) is 2.17. The topological polar surface area (TPSA) is 46.2 Å². The van der Waals surface area contributed by atoms with Gasteiger partial charge in [-0.05, 0) is 37.6 Å². The molecule has 0 unspecified atom stereocenters. The van der Waals surface area contributed by atoms with Crippen LogP contribution in [0.25, 0.3) is 0 Å². The molecule has 0 saturated carbocycles. The predicted molar refractivity (Wildman–Crippen MR) is 62.0 cm³/mol. The second-order valence-electron chi connectivity index (χ2n) is 2.96. The van der Waals surface area contributed by atoms with E-state index in [0.29, 0.717) is 5.69 Å². The van der Waals surface area contributed by atoms with Crippen molar-refractivity contribution in [1.29, 1.82) is 0 Å². The van der Waals surface area contributed by atoms with Gasteiger partial charge in [-0.15, -0.1) is 0 Å². The SMILES string of the molecule is CCS(=O)(=O)Nc1ccc(Br)cc1C. The third-order valence-electron chi connectivity index (χ3n) is 1.83. The number of hydrogen-bond donors (Lipinski definition) is 1. The smallest absolute Gasteiger partial charge is 0.232 e. The Morgan fingerprint density at radius 1 is 1.43 bits per heavy atom. The molecule has 5 heteroatoms. The van der Waals surface area contributed by atoms with Crippen LogP contribution in [0.1, 0.15) is 12.5 Å². The van der Waals surface area contributed by atoms with Crippen LogP contribution in [-0.2, 0) is 10.0 Å². The molecule has 0 aliphatic carbocycles. The summed E-state index contributed by atoms with van der Waals surface area (Å²) < 4.78 is 26.0. The number of halogens is 1. The van der Waals surface area contributed by atoms with E-state index in [1.807, 2.05) is 13.0 Å². The highest BCUT2D eigenvalue weighted by Gasteiger charge is 2.08. The quantitative estimate of drug-likeness (QED) is 0.923. The molecule has 0 spiro atoms. The normalized spacial score (nSPS) is 11.4. The second kappa shape index (κ2) is 4.31. The van der Waals surface area contributed by atoms with Gasteiger partial charge in [-0.25, -0.2) is 8.42 Å². The average Bonchev–Trinajstić information content (AvgIpc) is 2.10. The Morgan fingerprint density at radius 2 is 2.07 bits per heavy atom. The number of anilines is 1. The summed E-state index contributed by atoms with van der Waals surface area (Å²) in [5.74, 6) is 0.0858. The Morgan fingerprint density at radius 3 is 2.57 bits per heavy atom. The van der Waals surface area contributed by atoms with E-state index in [1.54, 1.807) is 19.1 Å². The van der Waals surface area contributed by atoms with E-state index in [9.17, 15) is 8.42 Å². The Labute approximate surface area is 92.7 Å². The molecule has 0 aliphatic heterocycles. The van der Waals surface area contributed by atoms with Gasteiger partial charge in [0.15, 0.2) is 0 Å². The monoisotopic (exact) mass is 277 g/mol. The molecule has 1 aromatic carbocycles. The molecule has 1 N–H and O–H groups in total. The van der Waals surface area contributed by atoms with E-state index in [2.05, 4.69) is 20.7 Å². The molecule has 0 bridgehead atoms. The Kier molecular flexibility index (Phi) is 3.55. The van der Waals surface area contributed by atoms with Crippen LogP contribution < -0.4 is 4.72 Å². The van der Waals surface area contributed by atoms with Crippen LogP contribution in [0.5, 0.6) is 0 Å². The number of rotatable bonds is 3. The van der Waals surface area contributed by atoms with Crippen molar-refractivity contribution in [2.45, 2.75) is 13.8 Å². The van der Waals surface area contributed by atoms with Crippen LogP contribution in [-0.4, -0.2) is 14.2 Å². The zero-order valence-corrected chi connectivity index (χ0v) is 10.4. The van der Waals surface area contributed by atoms with Gasteiger partial charge < -0.3 is 0 Å². The van der Waals surface area contributed by atoms with Crippen LogP contribution >= 0.6 is 15.9 Å². The Hall–Kier alpha value is -0.550. The van der Waals surface area contributed by atoms with Gasteiger partial charge in [0.25, 0.3) is 0 Å².